The topological polar surface area (TPSA) is 77.2 Å². The fourth-order valence-corrected chi connectivity index (χ4v) is 2.56. The fraction of sp³-hybridized carbons (Fsp3) is 0.400. The van der Waals surface area contributed by atoms with Gasteiger partial charge >= 0.3 is 5.97 Å². The lowest BCUT2D eigenvalue weighted by atomic mass is 9.92. The fourth-order valence-electron chi connectivity index (χ4n) is 2.56. The van der Waals surface area contributed by atoms with Gasteiger partial charge in [-0.1, -0.05) is 11.3 Å². The highest BCUT2D eigenvalue weighted by atomic mass is 16.5. The highest BCUT2D eigenvalue weighted by Crippen LogP contribution is 2.25. The molecule has 1 aliphatic rings. The van der Waals surface area contributed by atoms with E-state index < -0.39 is 5.97 Å². The maximum Gasteiger partial charge on any atom is 0.358 e. The summed E-state index contributed by atoms with van der Waals surface area (Å²) in [6.45, 7) is 0.901. The Kier molecular flexibility index (Phi) is 3.85. The molecule has 1 aromatic carbocycles. The number of carboxylic acids is 1. The molecule has 6 nitrogen and oxygen atoms in total. The van der Waals surface area contributed by atoms with Crippen LogP contribution in [-0.2, 0) is 19.4 Å². The van der Waals surface area contributed by atoms with Crippen LogP contribution in [0.15, 0.2) is 24.4 Å². The Hall–Kier alpha value is -2.37. The molecule has 0 atom stereocenters. The van der Waals surface area contributed by atoms with Crippen molar-refractivity contribution < 1.29 is 14.6 Å². The summed E-state index contributed by atoms with van der Waals surface area (Å²) in [6, 6.07) is 6.24. The molecule has 1 heterocycles. The van der Waals surface area contributed by atoms with Crippen LogP contribution in [0.4, 0.5) is 0 Å². The number of ether oxygens (including phenoxy) is 1. The third-order valence-corrected chi connectivity index (χ3v) is 3.67. The number of benzene rings is 1. The van der Waals surface area contributed by atoms with E-state index in [1.165, 1.54) is 34.8 Å². The third kappa shape index (κ3) is 3.21. The molecule has 1 N–H and O–H groups in total. The van der Waals surface area contributed by atoms with E-state index in [1.807, 2.05) is 6.07 Å². The minimum Gasteiger partial charge on any atom is -0.492 e. The first-order valence-corrected chi connectivity index (χ1v) is 7.10. The van der Waals surface area contributed by atoms with Crippen molar-refractivity contribution in [1.29, 1.82) is 0 Å². The van der Waals surface area contributed by atoms with E-state index in [0.717, 1.165) is 18.6 Å². The summed E-state index contributed by atoms with van der Waals surface area (Å²) < 4.78 is 7.18. The number of hydrogen-bond donors (Lipinski definition) is 1. The molecule has 0 spiro atoms. The van der Waals surface area contributed by atoms with Gasteiger partial charge < -0.3 is 9.84 Å². The van der Waals surface area contributed by atoms with Crippen molar-refractivity contribution in [1.82, 2.24) is 15.0 Å². The lowest BCUT2D eigenvalue weighted by Gasteiger charge is -2.16. The van der Waals surface area contributed by atoms with Gasteiger partial charge in [0.1, 0.15) is 12.4 Å². The van der Waals surface area contributed by atoms with E-state index in [2.05, 4.69) is 22.4 Å². The summed E-state index contributed by atoms with van der Waals surface area (Å²) in [4.78, 5) is 10.7. The van der Waals surface area contributed by atoms with Crippen LogP contribution in [0.1, 0.15) is 34.5 Å². The van der Waals surface area contributed by atoms with Gasteiger partial charge in [0.25, 0.3) is 0 Å². The average Bonchev–Trinajstić information content (AvgIpc) is 2.96. The van der Waals surface area contributed by atoms with Crippen molar-refractivity contribution in [3.8, 4) is 5.75 Å². The molecular weight excluding hydrogens is 270 g/mol. The Balaban J connectivity index is 1.56. The van der Waals surface area contributed by atoms with Crippen molar-refractivity contribution in [2.24, 2.45) is 0 Å². The summed E-state index contributed by atoms with van der Waals surface area (Å²) >= 11 is 0. The van der Waals surface area contributed by atoms with E-state index in [4.69, 9.17) is 9.84 Å². The van der Waals surface area contributed by atoms with Crippen LogP contribution < -0.4 is 4.74 Å². The maximum absolute atomic E-state index is 10.7. The zero-order valence-corrected chi connectivity index (χ0v) is 11.7. The second-order valence-corrected chi connectivity index (χ2v) is 5.16. The van der Waals surface area contributed by atoms with Crippen LogP contribution in [0, 0.1) is 0 Å². The molecule has 0 saturated heterocycles. The van der Waals surface area contributed by atoms with Gasteiger partial charge in [-0.2, -0.15) is 0 Å². The Bertz CT molecular complexity index is 651. The number of carboxylic acid groups (broad SMARTS) is 1. The van der Waals surface area contributed by atoms with Crippen molar-refractivity contribution in [3.05, 3.63) is 41.2 Å². The number of nitrogens with zero attached hydrogens (tertiary/aromatic N) is 3. The van der Waals surface area contributed by atoms with Gasteiger partial charge in [-0.3, -0.25) is 0 Å². The highest BCUT2D eigenvalue weighted by molar-refractivity contribution is 5.84. The van der Waals surface area contributed by atoms with Crippen LogP contribution in [-0.4, -0.2) is 32.7 Å². The summed E-state index contributed by atoms with van der Waals surface area (Å²) in [5.74, 6) is -0.217. The lowest BCUT2D eigenvalue weighted by Crippen LogP contribution is -2.09. The zero-order chi connectivity index (χ0) is 14.7. The Morgan fingerprint density at radius 3 is 2.86 bits per heavy atom. The molecule has 0 fully saturated rings. The zero-order valence-electron chi connectivity index (χ0n) is 11.7. The van der Waals surface area contributed by atoms with Gasteiger partial charge in [0.15, 0.2) is 5.69 Å². The smallest absolute Gasteiger partial charge is 0.358 e. The summed E-state index contributed by atoms with van der Waals surface area (Å²) in [5.41, 5.74) is 2.76. The Morgan fingerprint density at radius 2 is 2.10 bits per heavy atom. The number of aryl methyl sites for hydroxylation is 2. The first kappa shape index (κ1) is 13.6. The average molecular weight is 287 g/mol. The van der Waals surface area contributed by atoms with Crippen molar-refractivity contribution in [3.63, 3.8) is 0 Å². The Morgan fingerprint density at radius 1 is 1.29 bits per heavy atom. The minimum absolute atomic E-state index is 0.0521. The van der Waals surface area contributed by atoms with Gasteiger partial charge in [-0.15, -0.1) is 5.10 Å². The largest absolute Gasteiger partial charge is 0.492 e. The van der Waals surface area contributed by atoms with Crippen LogP contribution in [0.3, 0.4) is 0 Å². The van der Waals surface area contributed by atoms with E-state index in [0.29, 0.717) is 13.2 Å². The van der Waals surface area contributed by atoms with Gasteiger partial charge in [0.05, 0.1) is 12.7 Å². The Labute approximate surface area is 122 Å². The molecule has 0 unspecified atom stereocenters. The molecular formula is C15H17N3O3. The molecule has 110 valence electrons. The molecule has 0 amide bonds. The second-order valence-electron chi connectivity index (χ2n) is 5.16. The van der Waals surface area contributed by atoms with Gasteiger partial charge in [-0.05, 0) is 48.9 Å². The first-order chi connectivity index (χ1) is 10.2. The van der Waals surface area contributed by atoms with Crippen LogP contribution >= 0.6 is 0 Å². The number of carbonyl (C=O) groups is 1. The van der Waals surface area contributed by atoms with Crippen molar-refractivity contribution >= 4 is 5.97 Å². The maximum atomic E-state index is 10.7. The van der Waals surface area contributed by atoms with Crippen LogP contribution in [0.25, 0.3) is 0 Å². The van der Waals surface area contributed by atoms with E-state index in [-0.39, 0.29) is 5.69 Å². The van der Waals surface area contributed by atoms with Crippen molar-refractivity contribution in [2.75, 3.05) is 6.61 Å². The molecule has 1 aliphatic carbocycles. The normalized spacial score (nSPS) is 13.7. The van der Waals surface area contributed by atoms with Gasteiger partial charge in [0.2, 0.25) is 0 Å². The summed E-state index contributed by atoms with van der Waals surface area (Å²) in [6.07, 6.45) is 6.20. The van der Waals surface area contributed by atoms with E-state index in [9.17, 15) is 4.79 Å². The first-order valence-electron chi connectivity index (χ1n) is 7.10. The standard InChI is InChI=1S/C15H17N3O3/c19-15(20)14-10-18(17-16-14)7-8-21-13-6-5-11-3-1-2-4-12(11)9-13/h5-6,9-10H,1-4,7-8H2,(H,19,20). The molecule has 3 rings (SSSR count). The molecule has 0 saturated carbocycles. The van der Waals surface area contributed by atoms with E-state index >= 15 is 0 Å². The molecule has 0 bridgehead atoms. The molecule has 6 heteroatoms. The third-order valence-electron chi connectivity index (χ3n) is 3.67. The molecule has 0 radical (unpaired) electrons. The van der Waals surface area contributed by atoms with Crippen LogP contribution in [0.2, 0.25) is 0 Å². The van der Waals surface area contributed by atoms with Gasteiger partial charge in [0, 0.05) is 0 Å². The molecule has 0 aliphatic heterocycles. The van der Waals surface area contributed by atoms with E-state index in [1.54, 1.807) is 0 Å². The SMILES string of the molecule is O=C(O)c1cn(CCOc2ccc3c(c2)CCCC3)nn1. The highest BCUT2D eigenvalue weighted by Gasteiger charge is 2.10. The molecule has 1 aromatic heterocycles. The quantitative estimate of drug-likeness (QED) is 0.909. The molecule has 21 heavy (non-hydrogen) atoms. The van der Waals surface area contributed by atoms with Crippen molar-refractivity contribution in [2.45, 2.75) is 32.2 Å². The second kappa shape index (κ2) is 5.95. The minimum atomic E-state index is -1.07. The monoisotopic (exact) mass is 287 g/mol. The van der Waals surface area contributed by atoms with Crippen LogP contribution in [0.5, 0.6) is 5.75 Å². The predicted octanol–water partition coefficient (Wildman–Crippen LogP) is 1.93. The number of aromatic carboxylic acids is 1. The number of rotatable bonds is 5. The molecule has 2 aromatic rings. The predicted molar refractivity (Wildman–Crippen MR) is 75.6 cm³/mol. The van der Waals surface area contributed by atoms with Gasteiger partial charge in [-0.25, -0.2) is 9.48 Å². The number of aromatic nitrogens is 3. The summed E-state index contributed by atoms with van der Waals surface area (Å²) in [5, 5.41) is 16.1. The number of hydrogen-bond acceptors (Lipinski definition) is 4. The lowest BCUT2D eigenvalue weighted by molar-refractivity contribution is 0.0690. The summed E-state index contributed by atoms with van der Waals surface area (Å²) in [7, 11) is 0. The number of fused-ring (bicyclic) bond motifs is 1.